The minimum absolute atomic E-state index is 0.873. The Labute approximate surface area is 119 Å². The van der Waals surface area contributed by atoms with Crippen LogP contribution < -0.4 is 0 Å². The quantitative estimate of drug-likeness (QED) is 0.575. The summed E-state index contributed by atoms with van der Waals surface area (Å²) in [7, 11) is 0. The second kappa shape index (κ2) is 5.47. The highest BCUT2D eigenvalue weighted by atomic mass is 14.1. The highest BCUT2D eigenvalue weighted by Gasteiger charge is 2.06. The molecule has 0 unspecified atom stereocenters. The number of terminal acetylenes is 1. The van der Waals surface area contributed by atoms with Crippen LogP contribution in [0.15, 0.2) is 72.8 Å². The summed E-state index contributed by atoms with van der Waals surface area (Å²) in [4.78, 5) is 0. The van der Waals surface area contributed by atoms with Gasteiger partial charge < -0.3 is 0 Å². The molecule has 0 saturated carbocycles. The van der Waals surface area contributed by atoms with E-state index >= 15 is 0 Å². The smallest absolute Gasteiger partial charge is 0.0333 e. The molecule has 0 aliphatic rings. The van der Waals surface area contributed by atoms with Gasteiger partial charge in [-0.3, -0.25) is 0 Å². The first-order valence-electron chi connectivity index (χ1n) is 6.51. The molecular formula is C20H13. The molecule has 0 aliphatic heterocycles. The lowest BCUT2D eigenvalue weighted by molar-refractivity contribution is 1.55. The molecular weight excluding hydrogens is 240 g/mol. The predicted octanol–water partition coefficient (Wildman–Crippen LogP) is 4.80. The molecule has 0 bridgehead atoms. The Balaban J connectivity index is 2.11. The van der Waals surface area contributed by atoms with E-state index in [1.165, 1.54) is 0 Å². The zero-order chi connectivity index (χ0) is 13.8. The van der Waals surface area contributed by atoms with Crippen molar-refractivity contribution in [2.45, 2.75) is 0 Å². The fourth-order valence-corrected chi connectivity index (χ4v) is 2.25. The van der Waals surface area contributed by atoms with E-state index in [9.17, 15) is 0 Å². The fraction of sp³-hybridized carbons (Fsp3) is 0. The van der Waals surface area contributed by atoms with Gasteiger partial charge >= 0.3 is 0 Å². The van der Waals surface area contributed by atoms with Crippen LogP contribution in [-0.2, 0) is 0 Å². The molecule has 0 aliphatic carbocycles. The van der Waals surface area contributed by atoms with Crippen molar-refractivity contribution in [3.05, 3.63) is 84.4 Å². The Kier molecular flexibility index (Phi) is 3.35. The lowest BCUT2D eigenvalue weighted by atomic mass is 9.95. The molecule has 3 aromatic carbocycles. The molecule has 0 nitrogen and oxygen atoms in total. The summed E-state index contributed by atoms with van der Waals surface area (Å²) in [6.45, 7) is 0. The van der Waals surface area contributed by atoms with Crippen LogP contribution in [0.25, 0.3) is 22.3 Å². The third-order valence-electron chi connectivity index (χ3n) is 3.27. The Morgan fingerprint density at radius 2 is 1.35 bits per heavy atom. The van der Waals surface area contributed by atoms with Crippen LogP contribution in [0.1, 0.15) is 5.56 Å². The maximum absolute atomic E-state index is 5.66. The topological polar surface area (TPSA) is 0 Å². The van der Waals surface area contributed by atoms with Crippen LogP contribution in [0.4, 0.5) is 0 Å². The normalized spacial score (nSPS) is 9.95. The molecule has 0 saturated heterocycles. The van der Waals surface area contributed by atoms with E-state index in [4.69, 9.17) is 6.42 Å². The van der Waals surface area contributed by atoms with Crippen molar-refractivity contribution < 1.29 is 0 Å². The van der Waals surface area contributed by atoms with Gasteiger partial charge in [-0.1, -0.05) is 66.6 Å². The summed E-state index contributed by atoms with van der Waals surface area (Å²) < 4.78 is 0. The van der Waals surface area contributed by atoms with Gasteiger partial charge in [0.05, 0.1) is 0 Å². The zero-order valence-corrected chi connectivity index (χ0v) is 11.0. The number of hydrogen-bond donors (Lipinski definition) is 0. The number of benzene rings is 3. The van der Waals surface area contributed by atoms with Crippen LogP contribution in [0.5, 0.6) is 0 Å². The third-order valence-corrected chi connectivity index (χ3v) is 3.27. The van der Waals surface area contributed by atoms with Crippen molar-refractivity contribution in [3.8, 4) is 34.6 Å². The summed E-state index contributed by atoms with van der Waals surface area (Å²) in [5.41, 5.74) is 5.20. The maximum Gasteiger partial charge on any atom is 0.0333 e. The van der Waals surface area contributed by atoms with Gasteiger partial charge in [0.2, 0.25) is 0 Å². The van der Waals surface area contributed by atoms with Crippen molar-refractivity contribution >= 4 is 0 Å². The first-order valence-corrected chi connectivity index (χ1v) is 6.51. The molecule has 3 rings (SSSR count). The average Bonchev–Trinajstić information content (AvgIpc) is 2.56. The molecule has 0 atom stereocenters. The molecule has 0 spiro atoms. The molecule has 1 radical (unpaired) electrons. The van der Waals surface area contributed by atoms with E-state index in [-0.39, 0.29) is 0 Å². The SMILES string of the molecule is C#Cc1cc(-c2ccccc2)c[c]c1-c1ccccc1. The second-order valence-electron chi connectivity index (χ2n) is 4.55. The average molecular weight is 253 g/mol. The van der Waals surface area contributed by atoms with Gasteiger partial charge in [-0.2, -0.15) is 0 Å². The molecule has 3 aromatic rings. The summed E-state index contributed by atoms with van der Waals surface area (Å²) in [5.74, 6) is 2.77. The Morgan fingerprint density at radius 3 is 1.95 bits per heavy atom. The minimum atomic E-state index is 0.873. The number of hydrogen-bond acceptors (Lipinski definition) is 0. The maximum atomic E-state index is 5.66. The van der Waals surface area contributed by atoms with E-state index in [0.29, 0.717) is 0 Å². The largest absolute Gasteiger partial charge is 0.115 e. The monoisotopic (exact) mass is 253 g/mol. The first kappa shape index (κ1) is 12.3. The van der Waals surface area contributed by atoms with Crippen molar-refractivity contribution in [2.75, 3.05) is 0 Å². The van der Waals surface area contributed by atoms with Crippen LogP contribution in [0, 0.1) is 18.4 Å². The van der Waals surface area contributed by atoms with E-state index < -0.39 is 0 Å². The first-order chi connectivity index (χ1) is 9.88. The van der Waals surface area contributed by atoms with Gasteiger partial charge in [0.15, 0.2) is 0 Å². The van der Waals surface area contributed by atoms with E-state index in [1.54, 1.807) is 0 Å². The van der Waals surface area contributed by atoms with E-state index in [1.807, 2.05) is 48.5 Å². The highest BCUT2D eigenvalue weighted by Crippen LogP contribution is 2.27. The van der Waals surface area contributed by atoms with E-state index in [0.717, 1.165) is 27.8 Å². The lowest BCUT2D eigenvalue weighted by Gasteiger charge is -2.08. The van der Waals surface area contributed by atoms with Gasteiger partial charge in [0, 0.05) is 11.1 Å². The predicted molar refractivity (Wildman–Crippen MR) is 84.1 cm³/mol. The summed E-state index contributed by atoms with van der Waals surface area (Å²) >= 11 is 0. The lowest BCUT2D eigenvalue weighted by Crippen LogP contribution is -1.87. The fourth-order valence-electron chi connectivity index (χ4n) is 2.25. The molecule has 0 N–H and O–H groups in total. The molecule has 0 fully saturated rings. The van der Waals surface area contributed by atoms with Crippen LogP contribution in [0.2, 0.25) is 0 Å². The van der Waals surface area contributed by atoms with Crippen LogP contribution in [0.3, 0.4) is 0 Å². The van der Waals surface area contributed by atoms with Crippen molar-refractivity contribution in [3.63, 3.8) is 0 Å². The molecule has 0 amide bonds. The van der Waals surface area contributed by atoms with Crippen molar-refractivity contribution in [1.29, 1.82) is 0 Å². The van der Waals surface area contributed by atoms with Gasteiger partial charge in [-0.05, 0) is 34.9 Å². The van der Waals surface area contributed by atoms with Gasteiger partial charge in [-0.25, -0.2) is 0 Å². The molecule has 20 heavy (non-hydrogen) atoms. The van der Waals surface area contributed by atoms with Gasteiger partial charge in [0.1, 0.15) is 0 Å². The summed E-state index contributed by atoms with van der Waals surface area (Å²) in [6, 6.07) is 27.7. The number of rotatable bonds is 2. The Bertz CT molecular complexity index is 747. The molecule has 93 valence electrons. The Hall–Kier alpha value is -2.78. The van der Waals surface area contributed by atoms with E-state index in [2.05, 4.69) is 36.3 Å². The second-order valence-corrected chi connectivity index (χ2v) is 4.55. The molecule has 0 heteroatoms. The summed E-state index contributed by atoms with van der Waals surface area (Å²) in [6.07, 6.45) is 5.66. The third kappa shape index (κ3) is 2.35. The molecule has 0 aromatic heterocycles. The van der Waals surface area contributed by atoms with Crippen LogP contribution in [-0.4, -0.2) is 0 Å². The standard InChI is InChI=1S/C20H13/c1-2-16-15-19(17-9-5-3-6-10-17)13-14-20(16)18-11-7-4-8-12-18/h1,3-13,15H. The van der Waals surface area contributed by atoms with Crippen molar-refractivity contribution in [1.82, 2.24) is 0 Å². The van der Waals surface area contributed by atoms with Gasteiger partial charge in [-0.15, -0.1) is 6.42 Å². The summed E-state index contributed by atoms with van der Waals surface area (Å²) in [5, 5.41) is 0. The molecule has 0 heterocycles. The van der Waals surface area contributed by atoms with Gasteiger partial charge in [0.25, 0.3) is 0 Å². The minimum Gasteiger partial charge on any atom is -0.115 e. The highest BCUT2D eigenvalue weighted by molar-refractivity contribution is 5.76. The van der Waals surface area contributed by atoms with Crippen molar-refractivity contribution in [2.24, 2.45) is 0 Å². The zero-order valence-electron chi connectivity index (χ0n) is 11.0. The van der Waals surface area contributed by atoms with Crippen LogP contribution >= 0.6 is 0 Å². The Morgan fingerprint density at radius 1 is 0.750 bits per heavy atom.